The Morgan fingerprint density at radius 1 is 1.14 bits per heavy atom. The first kappa shape index (κ1) is 21.0. The number of nitrogens with one attached hydrogen (secondary N) is 1. The van der Waals surface area contributed by atoms with Crippen molar-refractivity contribution in [1.29, 1.82) is 0 Å². The molecule has 2 N–H and O–H groups in total. The highest BCUT2D eigenvalue weighted by molar-refractivity contribution is 7.89. The third-order valence-electron chi connectivity index (χ3n) is 4.57. The number of sulfonamides is 1. The van der Waals surface area contributed by atoms with E-state index in [0.29, 0.717) is 5.69 Å². The zero-order chi connectivity index (χ0) is 21.2. The van der Waals surface area contributed by atoms with Crippen molar-refractivity contribution < 1.29 is 23.3 Å². The Balaban J connectivity index is 1.83. The molecule has 0 spiro atoms. The Morgan fingerprint density at radius 2 is 1.79 bits per heavy atom. The zero-order valence-corrected chi connectivity index (χ0v) is 16.6. The van der Waals surface area contributed by atoms with E-state index in [-0.39, 0.29) is 47.3 Å². The van der Waals surface area contributed by atoms with Crippen molar-refractivity contribution in [2.45, 2.75) is 4.90 Å². The number of rotatable bonds is 5. The molecule has 0 bridgehead atoms. The maximum Gasteiger partial charge on any atom is 0.276 e. The van der Waals surface area contributed by atoms with E-state index in [1.807, 2.05) is 0 Å². The molecular weight excluding hydrogens is 424 g/mol. The van der Waals surface area contributed by atoms with E-state index >= 15 is 0 Å². The van der Waals surface area contributed by atoms with E-state index in [2.05, 4.69) is 0 Å². The van der Waals surface area contributed by atoms with Crippen LogP contribution in [0.1, 0.15) is 10.4 Å². The summed E-state index contributed by atoms with van der Waals surface area (Å²) < 4.78 is 27.0. The number of nitrogens with zero attached hydrogens (tertiary/aromatic N) is 3. The predicted molar refractivity (Wildman–Crippen MR) is 105 cm³/mol. The average molecular weight is 441 g/mol. The number of hydroxylamine groups is 1. The highest BCUT2D eigenvalue weighted by atomic mass is 35.5. The number of hydrogen-bond donors (Lipinski definition) is 2. The normalized spacial score (nSPS) is 15.2. The lowest BCUT2D eigenvalue weighted by Crippen LogP contribution is -2.49. The lowest BCUT2D eigenvalue weighted by molar-refractivity contribution is -0.384. The van der Waals surface area contributed by atoms with Crippen molar-refractivity contribution in [3.63, 3.8) is 0 Å². The van der Waals surface area contributed by atoms with Crippen LogP contribution in [-0.2, 0) is 10.0 Å². The SMILES string of the molecule is O=C(NO)c1cc([N+](=O)[O-])ccc1N1CCN(S(=O)(=O)c2ccccc2Cl)CC1. The molecule has 0 radical (unpaired) electrons. The standard InChI is InChI=1S/C17H17ClN4O6S/c18-14-3-1-2-4-16(14)29(27,28)21-9-7-20(8-10-21)15-6-5-12(22(25)26)11-13(15)17(23)19-24/h1-6,11,24H,7-10H2,(H,19,23). The Bertz CT molecular complexity index is 1050. The smallest absolute Gasteiger partial charge is 0.276 e. The van der Waals surface area contributed by atoms with E-state index in [4.69, 9.17) is 16.8 Å². The molecule has 2 aromatic rings. The molecule has 0 atom stereocenters. The van der Waals surface area contributed by atoms with Crippen molar-refractivity contribution in [3.05, 3.63) is 63.2 Å². The highest BCUT2D eigenvalue weighted by Crippen LogP contribution is 2.29. The molecule has 1 amide bonds. The lowest BCUT2D eigenvalue weighted by Gasteiger charge is -2.36. The van der Waals surface area contributed by atoms with Gasteiger partial charge in [-0.05, 0) is 18.2 Å². The van der Waals surface area contributed by atoms with E-state index in [9.17, 15) is 23.3 Å². The summed E-state index contributed by atoms with van der Waals surface area (Å²) in [6.45, 7) is 0.746. The van der Waals surface area contributed by atoms with E-state index < -0.39 is 20.9 Å². The molecule has 1 saturated heterocycles. The van der Waals surface area contributed by atoms with Gasteiger partial charge in [-0.25, -0.2) is 13.9 Å². The quantitative estimate of drug-likeness (QED) is 0.412. The molecule has 1 aliphatic rings. The topological polar surface area (TPSA) is 133 Å². The molecule has 29 heavy (non-hydrogen) atoms. The van der Waals surface area contributed by atoms with Gasteiger partial charge in [0.05, 0.1) is 21.2 Å². The average Bonchev–Trinajstić information content (AvgIpc) is 2.73. The summed E-state index contributed by atoms with van der Waals surface area (Å²) in [4.78, 5) is 24.0. The lowest BCUT2D eigenvalue weighted by atomic mass is 10.1. The Hall–Kier alpha value is -2.73. The van der Waals surface area contributed by atoms with Gasteiger partial charge in [-0.15, -0.1) is 0 Å². The van der Waals surface area contributed by atoms with Gasteiger partial charge in [0.15, 0.2) is 0 Å². The van der Waals surface area contributed by atoms with Gasteiger partial charge in [0.1, 0.15) is 4.90 Å². The number of nitro benzene ring substituents is 1. The first-order valence-corrected chi connectivity index (χ1v) is 10.3. The highest BCUT2D eigenvalue weighted by Gasteiger charge is 2.31. The first-order valence-electron chi connectivity index (χ1n) is 8.48. The minimum atomic E-state index is -3.78. The summed E-state index contributed by atoms with van der Waals surface area (Å²) in [6.07, 6.45) is 0. The maximum atomic E-state index is 12.8. The van der Waals surface area contributed by atoms with Crippen LogP contribution in [0, 0.1) is 10.1 Å². The van der Waals surface area contributed by atoms with Gasteiger partial charge in [0, 0.05) is 38.3 Å². The van der Waals surface area contributed by atoms with E-state index in [0.717, 1.165) is 6.07 Å². The molecule has 154 valence electrons. The number of non-ortho nitro benzene ring substituents is 1. The maximum absolute atomic E-state index is 12.8. The Morgan fingerprint density at radius 3 is 2.38 bits per heavy atom. The summed E-state index contributed by atoms with van der Waals surface area (Å²) in [6, 6.07) is 9.88. The largest absolute Gasteiger partial charge is 0.368 e. The van der Waals surface area contributed by atoms with Crippen LogP contribution >= 0.6 is 11.6 Å². The van der Waals surface area contributed by atoms with Crippen LogP contribution in [0.15, 0.2) is 47.4 Å². The number of carbonyl (C=O) groups is 1. The Kier molecular flexibility index (Phi) is 6.03. The fraction of sp³-hybridized carbons (Fsp3) is 0.235. The van der Waals surface area contributed by atoms with Gasteiger partial charge in [-0.2, -0.15) is 4.31 Å². The second-order valence-corrected chi connectivity index (χ2v) is 8.53. The van der Waals surface area contributed by atoms with Gasteiger partial charge in [-0.3, -0.25) is 20.1 Å². The number of amides is 1. The van der Waals surface area contributed by atoms with Crippen molar-refractivity contribution >= 4 is 38.9 Å². The van der Waals surface area contributed by atoms with Gasteiger partial charge in [-0.1, -0.05) is 23.7 Å². The van der Waals surface area contributed by atoms with Crippen LogP contribution in [0.4, 0.5) is 11.4 Å². The Labute approximate surface area is 171 Å². The van der Waals surface area contributed by atoms with Crippen molar-refractivity contribution in [3.8, 4) is 0 Å². The minimum Gasteiger partial charge on any atom is -0.368 e. The van der Waals surface area contributed by atoms with E-state index in [1.165, 1.54) is 34.1 Å². The molecule has 10 nitrogen and oxygen atoms in total. The van der Waals surface area contributed by atoms with Crippen LogP contribution in [0.2, 0.25) is 5.02 Å². The fourth-order valence-corrected chi connectivity index (χ4v) is 5.03. The molecule has 1 fully saturated rings. The van der Waals surface area contributed by atoms with Gasteiger partial charge >= 0.3 is 0 Å². The fourth-order valence-electron chi connectivity index (χ4n) is 3.12. The molecule has 2 aromatic carbocycles. The third kappa shape index (κ3) is 4.17. The first-order chi connectivity index (χ1) is 13.8. The summed E-state index contributed by atoms with van der Waals surface area (Å²) in [5.41, 5.74) is 1.46. The van der Waals surface area contributed by atoms with Crippen LogP contribution < -0.4 is 10.4 Å². The number of nitro groups is 1. The minimum absolute atomic E-state index is 0.0193. The molecule has 0 saturated carbocycles. The monoisotopic (exact) mass is 440 g/mol. The zero-order valence-electron chi connectivity index (χ0n) is 15.0. The van der Waals surface area contributed by atoms with Gasteiger partial charge < -0.3 is 4.90 Å². The molecule has 0 aliphatic carbocycles. The predicted octanol–water partition coefficient (Wildman–Crippen LogP) is 1.88. The number of halogens is 1. The van der Waals surface area contributed by atoms with Gasteiger partial charge in [0.25, 0.3) is 11.6 Å². The summed E-state index contributed by atoms with van der Waals surface area (Å²) in [7, 11) is -3.78. The summed E-state index contributed by atoms with van der Waals surface area (Å²) in [5.74, 6) is -0.894. The van der Waals surface area contributed by atoms with Crippen molar-refractivity contribution in [2.24, 2.45) is 0 Å². The van der Waals surface area contributed by atoms with E-state index in [1.54, 1.807) is 17.0 Å². The molecule has 12 heteroatoms. The second-order valence-electron chi connectivity index (χ2n) is 6.22. The molecular formula is C17H17ClN4O6S. The number of anilines is 1. The summed E-state index contributed by atoms with van der Waals surface area (Å²) in [5, 5.41) is 20.1. The van der Waals surface area contributed by atoms with Crippen LogP contribution in [0.5, 0.6) is 0 Å². The van der Waals surface area contributed by atoms with Crippen LogP contribution in [-0.4, -0.2) is 54.9 Å². The van der Waals surface area contributed by atoms with Crippen LogP contribution in [0.3, 0.4) is 0 Å². The molecule has 3 rings (SSSR count). The molecule has 1 heterocycles. The number of benzene rings is 2. The number of hydrogen-bond acceptors (Lipinski definition) is 7. The van der Waals surface area contributed by atoms with Crippen LogP contribution in [0.25, 0.3) is 0 Å². The third-order valence-corrected chi connectivity index (χ3v) is 6.97. The molecule has 1 aliphatic heterocycles. The van der Waals surface area contributed by atoms with Crippen molar-refractivity contribution in [1.82, 2.24) is 9.79 Å². The van der Waals surface area contributed by atoms with Gasteiger partial charge in [0.2, 0.25) is 10.0 Å². The second kappa shape index (κ2) is 8.33. The molecule has 0 aromatic heterocycles. The van der Waals surface area contributed by atoms with Crippen molar-refractivity contribution in [2.75, 3.05) is 31.1 Å². The molecule has 0 unspecified atom stereocenters. The number of carbonyl (C=O) groups excluding carboxylic acids is 1. The number of piperazine rings is 1. The summed E-state index contributed by atoms with van der Waals surface area (Å²) >= 11 is 6.03.